The van der Waals surface area contributed by atoms with Crippen LogP contribution in [0.1, 0.15) is 5.56 Å². The van der Waals surface area contributed by atoms with E-state index in [0.29, 0.717) is 5.84 Å². The largest absolute Gasteiger partial charge is 0.383 e. The maximum atomic E-state index is 5.94. The second-order valence-corrected chi connectivity index (χ2v) is 4.59. The van der Waals surface area contributed by atoms with Crippen molar-refractivity contribution in [3.63, 3.8) is 0 Å². The molecule has 2 aromatic carbocycles. The highest BCUT2D eigenvalue weighted by Gasteiger charge is 1.98. The molecular weight excluding hydrogens is 311 g/mol. The van der Waals surface area contributed by atoms with Gasteiger partial charge >= 0.3 is 0 Å². The van der Waals surface area contributed by atoms with E-state index in [0.717, 1.165) is 14.8 Å². The molecule has 16 heavy (non-hydrogen) atoms. The first-order chi connectivity index (χ1) is 7.75. The van der Waals surface area contributed by atoms with Crippen molar-refractivity contribution in [1.82, 2.24) is 0 Å². The summed E-state index contributed by atoms with van der Waals surface area (Å²) in [5.41, 5.74) is 7.77. The lowest BCUT2D eigenvalue weighted by Gasteiger charge is -2.01. The van der Waals surface area contributed by atoms with E-state index in [2.05, 4.69) is 27.6 Å². The van der Waals surface area contributed by atoms with Crippen LogP contribution in [0.5, 0.6) is 0 Å². The molecule has 0 fully saturated rings. The van der Waals surface area contributed by atoms with Crippen molar-refractivity contribution < 1.29 is 0 Å². The number of hydrogen-bond acceptors (Lipinski definition) is 1. The zero-order chi connectivity index (χ0) is 11.4. The van der Waals surface area contributed by atoms with Gasteiger partial charge in [-0.25, -0.2) is 4.99 Å². The minimum Gasteiger partial charge on any atom is -0.383 e. The first-order valence-corrected chi connectivity index (χ1v) is 5.99. The lowest BCUT2D eigenvalue weighted by Crippen LogP contribution is -2.12. The van der Waals surface area contributed by atoms with Crippen molar-refractivity contribution in [3.8, 4) is 0 Å². The fourth-order valence-electron chi connectivity index (χ4n) is 1.35. The van der Waals surface area contributed by atoms with Gasteiger partial charge in [0.2, 0.25) is 0 Å². The van der Waals surface area contributed by atoms with E-state index in [-0.39, 0.29) is 0 Å². The smallest absolute Gasteiger partial charge is 0.131 e. The topological polar surface area (TPSA) is 38.4 Å². The second-order valence-electron chi connectivity index (χ2n) is 3.34. The Labute approximate surface area is 108 Å². The van der Waals surface area contributed by atoms with Crippen LogP contribution >= 0.6 is 22.6 Å². The molecule has 0 aliphatic carbocycles. The molecule has 0 saturated carbocycles. The predicted octanol–water partition coefficient (Wildman–Crippen LogP) is 3.33. The van der Waals surface area contributed by atoms with Gasteiger partial charge in [0.05, 0.1) is 5.69 Å². The first kappa shape index (κ1) is 11.1. The maximum Gasteiger partial charge on any atom is 0.131 e. The van der Waals surface area contributed by atoms with E-state index in [1.165, 1.54) is 0 Å². The van der Waals surface area contributed by atoms with Gasteiger partial charge in [0, 0.05) is 9.13 Å². The van der Waals surface area contributed by atoms with Crippen LogP contribution in [-0.2, 0) is 0 Å². The SMILES string of the molecule is NC(=Nc1ccccc1)c1cccc(I)c1. The number of aliphatic imine (C=N–C) groups is 1. The zero-order valence-electron chi connectivity index (χ0n) is 8.60. The van der Waals surface area contributed by atoms with Crippen molar-refractivity contribution in [1.29, 1.82) is 0 Å². The Balaban J connectivity index is 2.32. The Hall–Kier alpha value is -1.36. The number of rotatable bonds is 2. The number of hydrogen-bond donors (Lipinski definition) is 1. The van der Waals surface area contributed by atoms with Gasteiger partial charge < -0.3 is 5.73 Å². The Morgan fingerprint density at radius 3 is 2.44 bits per heavy atom. The highest BCUT2D eigenvalue weighted by atomic mass is 127. The summed E-state index contributed by atoms with van der Waals surface area (Å²) in [5, 5.41) is 0. The Kier molecular flexibility index (Phi) is 3.56. The van der Waals surface area contributed by atoms with E-state index < -0.39 is 0 Å². The molecule has 0 radical (unpaired) electrons. The standard InChI is InChI=1S/C13H11IN2/c14-11-6-4-5-10(9-11)13(15)16-12-7-2-1-3-8-12/h1-9H,(H2,15,16). The monoisotopic (exact) mass is 322 g/mol. The minimum absolute atomic E-state index is 0.546. The lowest BCUT2D eigenvalue weighted by atomic mass is 10.2. The molecule has 0 aliphatic heterocycles. The number of halogens is 1. The van der Waals surface area contributed by atoms with Gasteiger partial charge in [0.25, 0.3) is 0 Å². The van der Waals surface area contributed by atoms with E-state index in [9.17, 15) is 0 Å². The summed E-state index contributed by atoms with van der Waals surface area (Å²) in [6.07, 6.45) is 0. The van der Waals surface area contributed by atoms with Gasteiger partial charge in [-0.2, -0.15) is 0 Å². The minimum atomic E-state index is 0.546. The average molecular weight is 322 g/mol. The molecule has 0 spiro atoms. The Bertz CT molecular complexity index is 506. The Morgan fingerprint density at radius 2 is 1.75 bits per heavy atom. The van der Waals surface area contributed by atoms with Crippen molar-refractivity contribution in [2.75, 3.05) is 0 Å². The van der Waals surface area contributed by atoms with Crippen molar-refractivity contribution in [2.45, 2.75) is 0 Å². The predicted molar refractivity (Wildman–Crippen MR) is 76.0 cm³/mol. The summed E-state index contributed by atoms with van der Waals surface area (Å²) in [6.45, 7) is 0. The van der Waals surface area contributed by atoms with E-state index in [1.807, 2.05) is 54.6 Å². The van der Waals surface area contributed by atoms with Crippen LogP contribution in [0.4, 0.5) is 5.69 Å². The van der Waals surface area contributed by atoms with Gasteiger partial charge in [0.1, 0.15) is 5.84 Å². The fraction of sp³-hybridized carbons (Fsp3) is 0. The average Bonchev–Trinajstić information content (AvgIpc) is 2.30. The molecule has 2 aromatic rings. The molecule has 0 amide bonds. The number of para-hydroxylation sites is 1. The molecule has 3 heteroatoms. The lowest BCUT2D eigenvalue weighted by molar-refractivity contribution is 1.45. The number of nitrogens with zero attached hydrogens (tertiary/aromatic N) is 1. The van der Waals surface area contributed by atoms with Crippen LogP contribution in [0.3, 0.4) is 0 Å². The highest BCUT2D eigenvalue weighted by Crippen LogP contribution is 2.13. The third-order valence-corrected chi connectivity index (χ3v) is 2.80. The van der Waals surface area contributed by atoms with Gasteiger partial charge in [-0.15, -0.1) is 0 Å². The van der Waals surface area contributed by atoms with Gasteiger partial charge in [0.15, 0.2) is 0 Å². The van der Waals surface area contributed by atoms with E-state index in [4.69, 9.17) is 5.73 Å². The number of nitrogens with two attached hydrogens (primary N) is 1. The normalized spacial score (nSPS) is 11.4. The quantitative estimate of drug-likeness (QED) is 0.514. The number of benzene rings is 2. The summed E-state index contributed by atoms with van der Waals surface area (Å²) in [5.74, 6) is 0.546. The van der Waals surface area contributed by atoms with Crippen LogP contribution in [-0.4, -0.2) is 5.84 Å². The third-order valence-electron chi connectivity index (χ3n) is 2.13. The fourth-order valence-corrected chi connectivity index (χ4v) is 1.90. The van der Waals surface area contributed by atoms with E-state index >= 15 is 0 Å². The molecule has 0 unspecified atom stereocenters. The molecule has 2 rings (SSSR count). The molecule has 2 nitrogen and oxygen atoms in total. The third kappa shape index (κ3) is 2.82. The van der Waals surface area contributed by atoms with Gasteiger partial charge in [-0.05, 0) is 46.9 Å². The van der Waals surface area contributed by atoms with Crippen LogP contribution in [0.25, 0.3) is 0 Å². The Morgan fingerprint density at radius 1 is 1.00 bits per heavy atom. The van der Waals surface area contributed by atoms with Crippen LogP contribution in [0.2, 0.25) is 0 Å². The van der Waals surface area contributed by atoms with Gasteiger partial charge in [-0.1, -0.05) is 30.3 Å². The number of amidine groups is 1. The second kappa shape index (κ2) is 5.12. The van der Waals surface area contributed by atoms with Gasteiger partial charge in [-0.3, -0.25) is 0 Å². The van der Waals surface area contributed by atoms with Crippen LogP contribution in [0, 0.1) is 3.57 Å². The van der Waals surface area contributed by atoms with Crippen molar-refractivity contribution in [3.05, 3.63) is 63.7 Å². The molecule has 0 heterocycles. The summed E-state index contributed by atoms with van der Waals surface area (Å²) in [6, 6.07) is 17.7. The first-order valence-electron chi connectivity index (χ1n) is 4.91. The molecule has 0 aliphatic rings. The molecule has 80 valence electrons. The van der Waals surface area contributed by atoms with Crippen molar-refractivity contribution in [2.24, 2.45) is 10.7 Å². The highest BCUT2D eigenvalue weighted by molar-refractivity contribution is 14.1. The van der Waals surface area contributed by atoms with Crippen LogP contribution < -0.4 is 5.73 Å². The van der Waals surface area contributed by atoms with Crippen molar-refractivity contribution >= 4 is 34.1 Å². The molecule has 0 aromatic heterocycles. The molecular formula is C13H11IN2. The molecule has 0 atom stereocenters. The van der Waals surface area contributed by atoms with Crippen LogP contribution in [0.15, 0.2) is 59.6 Å². The maximum absolute atomic E-state index is 5.94. The summed E-state index contributed by atoms with van der Waals surface area (Å²) in [4.78, 5) is 4.36. The molecule has 2 N–H and O–H groups in total. The molecule has 0 saturated heterocycles. The summed E-state index contributed by atoms with van der Waals surface area (Å²) in [7, 11) is 0. The molecule has 0 bridgehead atoms. The summed E-state index contributed by atoms with van der Waals surface area (Å²) < 4.78 is 1.15. The van der Waals surface area contributed by atoms with E-state index in [1.54, 1.807) is 0 Å². The zero-order valence-corrected chi connectivity index (χ0v) is 10.8. The summed E-state index contributed by atoms with van der Waals surface area (Å²) >= 11 is 2.26.